The Morgan fingerprint density at radius 3 is 2.17 bits per heavy atom. The summed E-state index contributed by atoms with van der Waals surface area (Å²) in [6, 6.07) is 25.2. The van der Waals surface area contributed by atoms with Gasteiger partial charge in [0.2, 0.25) is 0 Å². The van der Waals surface area contributed by atoms with E-state index >= 15 is 0 Å². The zero-order chi connectivity index (χ0) is 30.7. The Balaban J connectivity index is 1.65. The van der Waals surface area contributed by atoms with Crippen LogP contribution in [0.4, 0.5) is 4.79 Å². The van der Waals surface area contributed by atoms with Gasteiger partial charge >= 0.3 is 6.09 Å². The largest absolute Gasteiger partial charge is 0.508 e. The van der Waals surface area contributed by atoms with Crippen molar-refractivity contribution < 1.29 is 19.4 Å². The fourth-order valence-electron chi connectivity index (χ4n) is 5.43. The molecule has 6 heteroatoms. The van der Waals surface area contributed by atoms with Crippen LogP contribution < -0.4 is 10.1 Å². The van der Waals surface area contributed by atoms with Crippen LogP contribution in [-0.2, 0) is 17.6 Å². The zero-order valence-corrected chi connectivity index (χ0v) is 26.5. The van der Waals surface area contributed by atoms with Gasteiger partial charge in [0.1, 0.15) is 17.1 Å². The number of ether oxygens (including phenoxy) is 2. The third kappa shape index (κ3) is 10.4. The number of nitrogens with zero attached hydrogens (tertiary/aromatic N) is 1. The molecular formula is C36H50N2O4. The van der Waals surface area contributed by atoms with Gasteiger partial charge in [-0.15, -0.1) is 0 Å². The van der Waals surface area contributed by atoms with Gasteiger partial charge in [0.25, 0.3) is 0 Å². The summed E-state index contributed by atoms with van der Waals surface area (Å²) in [7, 11) is 0. The first-order chi connectivity index (χ1) is 19.9. The number of aromatic hydroxyl groups is 1. The van der Waals surface area contributed by atoms with Crippen LogP contribution in [-0.4, -0.2) is 53.5 Å². The van der Waals surface area contributed by atoms with Crippen LogP contribution in [0.15, 0.2) is 72.8 Å². The monoisotopic (exact) mass is 574 g/mol. The van der Waals surface area contributed by atoms with Crippen molar-refractivity contribution in [2.75, 3.05) is 19.7 Å². The molecule has 6 nitrogen and oxygen atoms in total. The maximum absolute atomic E-state index is 11.9. The first kappa shape index (κ1) is 33.0. The molecule has 0 spiro atoms. The van der Waals surface area contributed by atoms with E-state index in [0.29, 0.717) is 43.8 Å². The molecule has 0 aliphatic rings. The highest BCUT2D eigenvalue weighted by Gasteiger charge is 2.23. The Kier molecular flexibility index (Phi) is 12.3. The molecule has 0 fully saturated rings. The van der Waals surface area contributed by atoms with Crippen molar-refractivity contribution in [3.05, 3.63) is 95.1 Å². The highest BCUT2D eigenvalue weighted by molar-refractivity contribution is 5.67. The number of benzene rings is 3. The van der Waals surface area contributed by atoms with Gasteiger partial charge in [0, 0.05) is 36.5 Å². The molecule has 0 aliphatic heterocycles. The predicted octanol–water partition coefficient (Wildman–Crippen LogP) is 7.72. The number of hydrogen-bond donors (Lipinski definition) is 2. The quantitative estimate of drug-likeness (QED) is 0.206. The first-order valence-corrected chi connectivity index (χ1v) is 15.2. The average molecular weight is 575 g/mol. The van der Waals surface area contributed by atoms with Crippen molar-refractivity contribution >= 4 is 6.09 Å². The van der Waals surface area contributed by atoms with Crippen molar-refractivity contribution in [1.29, 1.82) is 0 Å². The second kappa shape index (κ2) is 15.6. The molecule has 228 valence electrons. The van der Waals surface area contributed by atoms with Crippen molar-refractivity contribution in [2.45, 2.75) is 91.3 Å². The summed E-state index contributed by atoms with van der Waals surface area (Å²) in [5, 5.41) is 13.9. The number of phenolic OH excluding ortho intramolecular Hbond substituents is 1. The molecule has 1 unspecified atom stereocenters. The van der Waals surface area contributed by atoms with Crippen LogP contribution in [0.2, 0.25) is 0 Å². The molecule has 1 atom stereocenters. The van der Waals surface area contributed by atoms with Gasteiger partial charge < -0.3 is 19.9 Å². The summed E-state index contributed by atoms with van der Waals surface area (Å²) in [5.41, 5.74) is 3.91. The molecule has 0 aliphatic carbocycles. The lowest BCUT2D eigenvalue weighted by molar-refractivity contribution is 0.0528. The molecule has 0 radical (unpaired) electrons. The molecule has 0 saturated carbocycles. The average Bonchev–Trinajstić information content (AvgIpc) is 2.92. The van der Waals surface area contributed by atoms with E-state index in [1.165, 1.54) is 5.56 Å². The third-order valence-electron chi connectivity index (χ3n) is 7.37. The Bertz CT molecular complexity index is 1230. The maximum atomic E-state index is 11.9. The molecule has 3 aromatic rings. The van der Waals surface area contributed by atoms with Gasteiger partial charge in [-0.3, -0.25) is 4.90 Å². The number of alkyl carbamates (subject to hydrolysis) is 1. The lowest BCUT2D eigenvalue weighted by Crippen LogP contribution is -2.38. The normalized spacial score (nSPS) is 12.5. The zero-order valence-electron chi connectivity index (χ0n) is 26.5. The Morgan fingerprint density at radius 1 is 0.881 bits per heavy atom. The van der Waals surface area contributed by atoms with E-state index in [9.17, 15) is 9.90 Å². The van der Waals surface area contributed by atoms with Crippen LogP contribution in [0.1, 0.15) is 83.1 Å². The van der Waals surface area contributed by atoms with E-state index < -0.39 is 11.7 Å². The third-order valence-corrected chi connectivity index (χ3v) is 7.37. The number of carbonyl (C=O) groups is 1. The minimum absolute atomic E-state index is 0.0796. The fraction of sp³-hybridized carbons (Fsp3) is 0.472. The van der Waals surface area contributed by atoms with Crippen molar-refractivity contribution in [2.24, 2.45) is 0 Å². The number of rotatable bonds is 14. The van der Waals surface area contributed by atoms with E-state index in [1.54, 1.807) is 6.07 Å². The van der Waals surface area contributed by atoms with Crippen LogP contribution in [0.25, 0.3) is 0 Å². The van der Waals surface area contributed by atoms with E-state index in [1.807, 2.05) is 57.2 Å². The topological polar surface area (TPSA) is 71.0 Å². The highest BCUT2D eigenvalue weighted by atomic mass is 16.6. The summed E-state index contributed by atoms with van der Waals surface area (Å²) in [5.74, 6) is 1.21. The second-order valence-corrected chi connectivity index (χ2v) is 12.4. The first-order valence-electron chi connectivity index (χ1n) is 15.2. The number of phenols is 1. The Labute approximate surface area is 253 Å². The number of amides is 1. The Morgan fingerprint density at radius 2 is 1.55 bits per heavy atom. The molecular weight excluding hydrogens is 524 g/mol. The van der Waals surface area contributed by atoms with Crippen molar-refractivity contribution in [3.8, 4) is 11.5 Å². The minimum Gasteiger partial charge on any atom is -0.508 e. The molecule has 1 amide bonds. The molecule has 3 aromatic carbocycles. The number of nitrogens with one attached hydrogen (secondary N) is 1. The standard InChI is InChI=1S/C36H50N2O4/c1-26(2)38(27(3)4)24-21-32(29-12-9-8-10-13-29)34-30(14-11-15-33(34)39)22-25-41-31-18-16-28(17-19-31)20-23-37-35(40)42-36(5,6)7/h8-19,26-27,32,39H,20-25H2,1-7H3,(H,37,40). The van der Waals surface area contributed by atoms with E-state index in [2.05, 4.69) is 68.2 Å². The molecule has 0 bridgehead atoms. The van der Waals surface area contributed by atoms with E-state index in [-0.39, 0.29) is 5.92 Å². The summed E-state index contributed by atoms with van der Waals surface area (Å²) in [6.07, 6.45) is 1.90. The summed E-state index contributed by atoms with van der Waals surface area (Å²) in [6.45, 7) is 16.5. The van der Waals surface area contributed by atoms with Gasteiger partial charge in [-0.2, -0.15) is 0 Å². The number of carbonyl (C=O) groups excluding carboxylic acids is 1. The SMILES string of the molecule is CC(C)N(CCC(c1ccccc1)c1c(O)cccc1CCOc1ccc(CCNC(=O)OC(C)(C)C)cc1)C(C)C. The van der Waals surface area contributed by atoms with Gasteiger partial charge in [0.05, 0.1) is 6.61 Å². The van der Waals surface area contributed by atoms with Crippen molar-refractivity contribution in [1.82, 2.24) is 10.2 Å². The summed E-state index contributed by atoms with van der Waals surface area (Å²) >= 11 is 0. The lowest BCUT2D eigenvalue weighted by Gasteiger charge is -2.32. The molecule has 0 aromatic heterocycles. The molecule has 3 rings (SSSR count). The Hall–Kier alpha value is -3.51. The lowest BCUT2D eigenvalue weighted by atomic mass is 9.84. The van der Waals surface area contributed by atoms with Crippen LogP contribution in [0, 0.1) is 0 Å². The predicted molar refractivity (Wildman–Crippen MR) is 172 cm³/mol. The van der Waals surface area contributed by atoms with E-state index in [4.69, 9.17) is 9.47 Å². The maximum Gasteiger partial charge on any atom is 0.407 e. The second-order valence-electron chi connectivity index (χ2n) is 12.4. The minimum atomic E-state index is -0.506. The van der Waals surface area contributed by atoms with Crippen LogP contribution in [0.5, 0.6) is 11.5 Å². The van der Waals surface area contributed by atoms with Gasteiger partial charge in [-0.05, 0) is 103 Å². The van der Waals surface area contributed by atoms with Gasteiger partial charge in [-0.25, -0.2) is 4.79 Å². The molecule has 0 heterocycles. The van der Waals surface area contributed by atoms with Crippen molar-refractivity contribution in [3.63, 3.8) is 0 Å². The smallest absolute Gasteiger partial charge is 0.407 e. The summed E-state index contributed by atoms with van der Waals surface area (Å²) in [4.78, 5) is 14.4. The van der Waals surface area contributed by atoms with Crippen LogP contribution >= 0.6 is 0 Å². The highest BCUT2D eigenvalue weighted by Crippen LogP contribution is 2.37. The molecule has 0 saturated heterocycles. The van der Waals surface area contributed by atoms with Gasteiger partial charge in [0.15, 0.2) is 0 Å². The molecule has 2 N–H and O–H groups in total. The molecule has 42 heavy (non-hydrogen) atoms. The fourth-order valence-corrected chi connectivity index (χ4v) is 5.43. The van der Waals surface area contributed by atoms with Gasteiger partial charge in [-0.1, -0.05) is 54.6 Å². The summed E-state index contributed by atoms with van der Waals surface area (Å²) < 4.78 is 11.4. The van der Waals surface area contributed by atoms with Crippen LogP contribution in [0.3, 0.4) is 0 Å². The number of hydrogen-bond acceptors (Lipinski definition) is 5. The van der Waals surface area contributed by atoms with E-state index in [0.717, 1.165) is 35.4 Å².